The summed E-state index contributed by atoms with van der Waals surface area (Å²) in [6, 6.07) is 0. The van der Waals surface area contributed by atoms with E-state index < -0.39 is 12.3 Å². The van der Waals surface area contributed by atoms with Crippen LogP contribution in [-0.4, -0.2) is 25.5 Å². The predicted octanol–water partition coefficient (Wildman–Crippen LogP) is 3.08. The normalized spacial score (nSPS) is 14.5. The Morgan fingerprint density at radius 1 is 1.31 bits per heavy atom. The molecule has 0 aliphatic heterocycles. The van der Waals surface area contributed by atoms with Crippen LogP contribution in [0.3, 0.4) is 0 Å². The molecule has 2 unspecified atom stereocenters. The molecule has 0 heterocycles. The number of hydrogen-bond acceptors (Lipinski definition) is 3. The second-order valence-electron chi connectivity index (χ2n) is 3.82. The summed E-state index contributed by atoms with van der Waals surface area (Å²) in [6.07, 6.45) is 2.25. The number of carbonyl (C=O) groups excluding carboxylic acids is 1. The lowest BCUT2D eigenvalue weighted by molar-refractivity contribution is -0.171. The topological polar surface area (TPSA) is 35.5 Å². The molecule has 4 heteroatoms. The first-order valence-electron chi connectivity index (χ1n) is 6.07. The van der Waals surface area contributed by atoms with Crippen LogP contribution in [0.1, 0.15) is 46.5 Å². The molecule has 0 aliphatic carbocycles. The summed E-state index contributed by atoms with van der Waals surface area (Å²) in [4.78, 5) is 10.9. The average Bonchev–Trinajstić information content (AvgIpc) is 2.29. The van der Waals surface area contributed by atoms with Gasteiger partial charge in [0.15, 0.2) is 0 Å². The minimum Gasteiger partial charge on any atom is -0.462 e. The van der Waals surface area contributed by atoms with Gasteiger partial charge in [-0.15, -0.1) is 0 Å². The molecule has 0 aromatic carbocycles. The van der Waals surface area contributed by atoms with Crippen molar-refractivity contribution in [2.24, 2.45) is 5.92 Å². The van der Waals surface area contributed by atoms with Crippen molar-refractivity contribution in [1.82, 2.24) is 0 Å². The Hall–Kier alpha value is -0.640. The number of alkyl halides is 1. The average molecular weight is 234 g/mol. The highest BCUT2D eigenvalue weighted by atomic mass is 19.1. The predicted molar refractivity (Wildman–Crippen MR) is 60.8 cm³/mol. The fraction of sp³-hybridized carbons (Fsp3) is 0.917. The molecular formula is C12H23FO3. The van der Waals surface area contributed by atoms with E-state index in [4.69, 9.17) is 4.74 Å². The van der Waals surface area contributed by atoms with Crippen LogP contribution in [0.4, 0.5) is 4.39 Å². The first kappa shape index (κ1) is 15.4. The van der Waals surface area contributed by atoms with E-state index in [1.165, 1.54) is 0 Å². The second-order valence-corrected chi connectivity index (χ2v) is 3.82. The maximum absolute atomic E-state index is 13.1. The van der Waals surface area contributed by atoms with Gasteiger partial charge < -0.3 is 9.47 Å². The van der Waals surface area contributed by atoms with E-state index >= 15 is 0 Å². The van der Waals surface area contributed by atoms with Gasteiger partial charge in [-0.1, -0.05) is 33.1 Å². The van der Waals surface area contributed by atoms with Crippen molar-refractivity contribution in [1.29, 1.82) is 0 Å². The minimum absolute atomic E-state index is 0.176. The van der Waals surface area contributed by atoms with Crippen LogP contribution in [0.25, 0.3) is 0 Å². The van der Waals surface area contributed by atoms with Crippen LogP contribution in [0.2, 0.25) is 0 Å². The van der Waals surface area contributed by atoms with Crippen LogP contribution in [0, 0.1) is 5.92 Å². The molecule has 0 bridgehead atoms. The molecule has 0 aromatic heterocycles. The Labute approximate surface area is 97.3 Å². The molecule has 96 valence electrons. The van der Waals surface area contributed by atoms with Gasteiger partial charge in [0.25, 0.3) is 6.36 Å². The molecule has 0 aliphatic rings. The van der Waals surface area contributed by atoms with Gasteiger partial charge in [0.05, 0.1) is 13.2 Å². The van der Waals surface area contributed by atoms with Crippen LogP contribution < -0.4 is 0 Å². The van der Waals surface area contributed by atoms with E-state index in [-0.39, 0.29) is 13.2 Å². The van der Waals surface area contributed by atoms with Crippen LogP contribution in [0.15, 0.2) is 0 Å². The van der Waals surface area contributed by atoms with Crippen LogP contribution >= 0.6 is 0 Å². The molecule has 0 N–H and O–H groups in total. The SMILES string of the molecule is CCCCC(CC)COC(F)C(=O)OCC. The highest BCUT2D eigenvalue weighted by Crippen LogP contribution is 2.14. The molecule has 0 radical (unpaired) electrons. The van der Waals surface area contributed by atoms with Gasteiger partial charge in [0, 0.05) is 0 Å². The molecule has 0 saturated heterocycles. The third kappa shape index (κ3) is 6.77. The first-order chi connectivity index (χ1) is 7.65. The molecule has 0 amide bonds. The summed E-state index contributed by atoms with van der Waals surface area (Å²) < 4.78 is 22.5. The Kier molecular flexibility index (Phi) is 9.19. The standard InChI is InChI=1S/C12H23FO3/c1-4-7-8-10(5-2)9-16-11(13)12(14)15-6-3/h10-11H,4-9H2,1-3H3. The molecular weight excluding hydrogens is 211 g/mol. The van der Waals surface area contributed by atoms with E-state index in [9.17, 15) is 9.18 Å². The van der Waals surface area contributed by atoms with Gasteiger partial charge in [0.2, 0.25) is 0 Å². The number of esters is 1. The summed E-state index contributed by atoms with van der Waals surface area (Å²) in [5.41, 5.74) is 0. The summed E-state index contributed by atoms with van der Waals surface area (Å²) in [5.74, 6) is -0.597. The Bertz CT molecular complexity index is 185. The van der Waals surface area contributed by atoms with Gasteiger partial charge in [-0.2, -0.15) is 0 Å². The monoisotopic (exact) mass is 234 g/mol. The zero-order valence-electron chi connectivity index (χ0n) is 10.5. The maximum Gasteiger partial charge on any atom is 0.368 e. The van der Waals surface area contributed by atoms with Gasteiger partial charge in [-0.3, -0.25) is 0 Å². The molecule has 0 aromatic rings. The Balaban J connectivity index is 3.77. The highest BCUT2D eigenvalue weighted by molar-refractivity contribution is 5.72. The highest BCUT2D eigenvalue weighted by Gasteiger charge is 2.20. The zero-order chi connectivity index (χ0) is 12.4. The number of carbonyl (C=O) groups is 1. The summed E-state index contributed by atoms with van der Waals surface area (Å²) in [6.45, 7) is 6.26. The molecule has 0 fully saturated rings. The fourth-order valence-electron chi connectivity index (χ4n) is 1.39. The molecule has 2 atom stereocenters. The lowest BCUT2D eigenvalue weighted by atomic mass is 10.0. The van der Waals surface area contributed by atoms with Gasteiger partial charge in [0.1, 0.15) is 0 Å². The molecule has 0 spiro atoms. The lowest BCUT2D eigenvalue weighted by Crippen LogP contribution is -2.24. The number of ether oxygens (including phenoxy) is 2. The number of halogens is 1. The molecule has 0 saturated carbocycles. The number of unbranched alkanes of at least 4 members (excludes halogenated alkanes) is 1. The molecule has 3 nitrogen and oxygen atoms in total. The van der Waals surface area contributed by atoms with E-state index in [1.54, 1.807) is 6.92 Å². The third-order valence-electron chi connectivity index (χ3n) is 2.49. The van der Waals surface area contributed by atoms with E-state index in [0.717, 1.165) is 25.7 Å². The van der Waals surface area contributed by atoms with Crippen LogP contribution in [0.5, 0.6) is 0 Å². The summed E-state index contributed by atoms with van der Waals surface area (Å²) in [5, 5.41) is 0. The van der Waals surface area contributed by atoms with Crippen molar-refractivity contribution in [2.45, 2.75) is 52.8 Å². The minimum atomic E-state index is -1.93. The smallest absolute Gasteiger partial charge is 0.368 e. The first-order valence-corrected chi connectivity index (χ1v) is 6.07. The van der Waals surface area contributed by atoms with E-state index in [1.807, 2.05) is 6.92 Å². The van der Waals surface area contributed by atoms with Gasteiger partial charge in [-0.05, 0) is 19.3 Å². The van der Waals surface area contributed by atoms with E-state index in [0.29, 0.717) is 5.92 Å². The lowest BCUT2D eigenvalue weighted by Gasteiger charge is -2.16. The molecule has 16 heavy (non-hydrogen) atoms. The summed E-state index contributed by atoms with van der Waals surface area (Å²) >= 11 is 0. The molecule has 0 rings (SSSR count). The maximum atomic E-state index is 13.1. The van der Waals surface area contributed by atoms with Crippen molar-refractivity contribution >= 4 is 5.97 Å². The Morgan fingerprint density at radius 2 is 2.00 bits per heavy atom. The zero-order valence-corrected chi connectivity index (χ0v) is 10.5. The van der Waals surface area contributed by atoms with Crippen molar-refractivity contribution in [3.8, 4) is 0 Å². The quantitative estimate of drug-likeness (QED) is 0.575. The van der Waals surface area contributed by atoms with Crippen molar-refractivity contribution in [2.75, 3.05) is 13.2 Å². The third-order valence-corrected chi connectivity index (χ3v) is 2.49. The van der Waals surface area contributed by atoms with Gasteiger partial charge >= 0.3 is 5.97 Å². The fourth-order valence-corrected chi connectivity index (χ4v) is 1.39. The largest absolute Gasteiger partial charge is 0.462 e. The van der Waals surface area contributed by atoms with Crippen molar-refractivity contribution < 1.29 is 18.7 Å². The number of rotatable bonds is 9. The number of hydrogen-bond donors (Lipinski definition) is 0. The Morgan fingerprint density at radius 3 is 2.50 bits per heavy atom. The summed E-state index contributed by atoms with van der Waals surface area (Å²) in [7, 11) is 0. The van der Waals surface area contributed by atoms with Crippen molar-refractivity contribution in [3.63, 3.8) is 0 Å². The van der Waals surface area contributed by atoms with E-state index in [2.05, 4.69) is 11.7 Å². The van der Waals surface area contributed by atoms with Gasteiger partial charge in [-0.25, -0.2) is 9.18 Å². The van der Waals surface area contributed by atoms with Crippen LogP contribution in [-0.2, 0) is 14.3 Å². The van der Waals surface area contributed by atoms with Crippen molar-refractivity contribution in [3.05, 3.63) is 0 Å². The second kappa shape index (κ2) is 9.58.